The fourth-order valence-electron chi connectivity index (χ4n) is 2.59. The van der Waals surface area contributed by atoms with E-state index in [4.69, 9.17) is 9.47 Å². The van der Waals surface area contributed by atoms with Gasteiger partial charge in [0.15, 0.2) is 0 Å². The average Bonchev–Trinajstić information content (AvgIpc) is 2.82. The van der Waals surface area contributed by atoms with Crippen molar-refractivity contribution in [1.82, 2.24) is 20.1 Å². The molecule has 0 aromatic carbocycles. The number of hydrogen-bond donors (Lipinski definition) is 0. The van der Waals surface area contributed by atoms with E-state index < -0.39 is 5.60 Å². The number of amides is 2. The summed E-state index contributed by atoms with van der Waals surface area (Å²) in [5.74, 6) is -0.194. The fraction of sp³-hybridized carbons (Fsp3) is 0.733. The molecule has 9 heteroatoms. The Hall–Kier alpha value is -2.00. The van der Waals surface area contributed by atoms with Gasteiger partial charge in [-0.15, -0.1) is 0 Å². The van der Waals surface area contributed by atoms with E-state index in [1.807, 2.05) is 0 Å². The smallest absolute Gasteiger partial charge is 0.225 e. The summed E-state index contributed by atoms with van der Waals surface area (Å²) in [6.45, 7) is 5.07. The van der Waals surface area contributed by atoms with E-state index in [2.05, 4.69) is 14.9 Å². The lowest BCUT2D eigenvalue weighted by Crippen LogP contribution is -2.50. The van der Waals surface area contributed by atoms with Crippen LogP contribution in [0.15, 0.2) is 4.63 Å². The number of carbonyl (C=O) groups excluding carboxylic acids is 2. The number of aryl methyl sites for hydroxylation is 1. The second-order valence-electron chi connectivity index (χ2n) is 6.10. The largest absolute Gasteiger partial charge is 0.377 e. The molecule has 1 aliphatic heterocycles. The molecule has 1 unspecified atom stereocenters. The predicted molar refractivity (Wildman–Crippen MR) is 82.9 cm³/mol. The lowest BCUT2D eigenvalue weighted by molar-refractivity contribution is -0.145. The van der Waals surface area contributed by atoms with Gasteiger partial charge in [-0.05, 0) is 6.92 Å². The van der Waals surface area contributed by atoms with Gasteiger partial charge in [0.1, 0.15) is 17.0 Å². The Morgan fingerprint density at radius 2 is 2.17 bits per heavy atom. The van der Waals surface area contributed by atoms with Gasteiger partial charge in [0.2, 0.25) is 11.8 Å². The average molecular weight is 340 g/mol. The minimum absolute atomic E-state index is 0.0629. The highest BCUT2D eigenvalue weighted by atomic mass is 16.6. The SMILES string of the molecule is COC1(CC(=O)N(C)Cc2nonc2C)COCCN(C(C)=O)C1. The van der Waals surface area contributed by atoms with Crippen LogP contribution in [0.4, 0.5) is 0 Å². The zero-order valence-corrected chi connectivity index (χ0v) is 14.6. The first kappa shape index (κ1) is 18.3. The van der Waals surface area contributed by atoms with Crippen LogP contribution in [0, 0.1) is 6.92 Å². The topological polar surface area (TPSA) is 98.0 Å². The minimum Gasteiger partial charge on any atom is -0.377 e. The second-order valence-corrected chi connectivity index (χ2v) is 6.10. The molecule has 134 valence electrons. The summed E-state index contributed by atoms with van der Waals surface area (Å²) in [5, 5.41) is 7.49. The van der Waals surface area contributed by atoms with Crippen LogP contribution in [0.2, 0.25) is 0 Å². The van der Waals surface area contributed by atoms with Crippen molar-refractivity contribution in [2.75, 3.05) is 40.5 Å². The number of nitrogens with zero attached hydrogens (tertiary/aromatic N) is 4. The summed E-state index contributed by atoms with van der Waals surface area (Å²) >= 11 is 0. The van der Waals surface area contributed by atoms with Gasteiger partial charge in [-0.25, -0.2) is 4.63 Å². The molecule has 1 aromatic rings. The Bertz CT molecular complexity index is 590. The van der Waals surface area contributed by atoms with Gasteiger partial charge in [-0.3, -0.25) is 9.59 Å². The van der Waals surface area contributed by atoms with Crippen molar-refractivity contribution in [1.29, 1.82) is 0 Å². The maximum atomic E-state index is 12.6. The van der Waals surface area contributed by atoms with Gasteiger partial charge < -0.3 is 19.3 Å². The molecule has 0 spiro atoms. The Kier molecular flexibility index (Phi) is 5.89. The van der Waals surface area contributed by atoms with Gasteiger partial charge in [-0.1, -0.05) is 10.3 Å². The zero-order valence-electron chi connectivity index (χ0n) is 14.6. The van der Waals surface area contributed by atoms with Crippen molar-refractivity contribution in [3.8, 4) is 0 Å². The molecule has 9 nitrogen and oxygen atoms in total. The molecule has 0 saturated carbocycles. The van der Waals surface area contributed by atoms with E-state index in [1.54, 1.807) is 18.9 Å². The molecule has 0 radical (unpaired) electrons. The van der Waals surface area contributed by atoms with Crippen molar-refractivity contribution in [3.05, 3.63) is 11.4 Å². The van der Waals surface area contributed by atoms with Crippen LogP contribution < -0.4 is 0 Å². The van der Waals surface area contributed by atoms with Crippen molar-refractivity contribution in [2.24, 2.45) is 0 Å². The summed E-state index contributed by atoms with van der Waals surface area (Å²) in [6, 6.07) is 0. The zero-order chi connectivity index (χ0) is 17.7. The second kappa shape index (κ2) is 7.71. The predicted octanol–water partition coefficient (Wildman–Crippen LogP) is -0.00958. The minimum atomic E-state index is -0.857. The molecule has 2 heterocycles. The molecule has 1 atom stereocenters. The number of rotatable bonds is 5. The Balaban J connectivity index is 2.05. The molecular formula is C15H24N4O5. The summed E-state index contributed by atoms with van der Waals surface area (Å²) < 4.78 is 15.8. The first-order valence-corrected chi connectivity index (χ1v) is 7.77. The van der Waals surface area contributed by atoms with Gasteiger partial charge in [0.05, 0.1) is 32.7 Å². The summed E-state index contributed by atoms with van der Waals surface area (Å²) in [5.41, 5.74) is 0.404. The molecule has 1 fully saturated rings. The Morgan fingerprint density at radius 1 is 1.42 bits per heavy atom. The van der Waals surface area contributed by atoms with E-state index in [0.29, 0.717) is 37.6 Å². The highest BCUT2D eigenvalue weighted by Gasteiger charge is 2.38. The van der Waals surface area contributed by atoms with Crippen LogP contribution in [-0.2, 0) is 25.6 Å². The summed E-state index contributed by atoms with van der Waals surface area (Å²) in [7, 11) is 3.21. The van der Waals surface area contributed by atoms with E-state index in [9.17, 15) is 9.59 Å². The lowest BCUT2D eigenvalue weighted by atomic mass is 9.98. The quantitative estimate of drug-likeness (QED) is 0.743. The summed E-state index contributed by atoms with van der Waals surface area (Å²) in [4.78, 5) is 27.5. The molecule has 2 amide bonds. The van der Waals surface area contributed by atoms with Gasteiger partial charge in [0.25, 0.3) is 0 Å². The lowest BCUT2D eigenvalue weighted by Gasteiger charge is -2.34. The number of hydrogen-bond acceptors (Lipinski definition) is 7. The molecule has 0 bridgehead atoms. The van der Waals surface area contributed by atoms with Crippen LogP contribution in [0.1, 0.15) is 24.7 Å². The first-order valence-electron chi connectivity index (χ1n) is 7.77. The third-order valence-electron chi connectivity index (χ3n) is 4.26. The monoisotopic (exact) mass is 340 g/mol. The first-order chi connectivity index (χ1) is 11.4. The number of ether oxygens (including phenoxy) is 2. The molecule has 24 heavy (non-hydrogen) atoms. The van der Waals surface area contributed by atoms with Crippen LogP contribution >= 0.6 is 0 Å². The van der Waals surface area contributed by atoms with Gasteiger partial charge >= 0.3 is 0 Å². The molecule has 0 N–H and O–H groups in total. The molecule has 1 aliphatic rings. The maximum absolute atomic E-state index is 12.6. The van der Waals surface area contributed by atoms with Crippen molar-refractivity contribution in [2.45, 2.75) is 32.4 Å². The normalized spacial score (nSPS) is 21.4. The van der Waals surface area contributed by atoms with Crippen molar-refractivity contribution in [3.63, 3.8) is 0 Å². The van der Waals surface area contributed by atoms with E-state index >= 15 is 0 Å². The fourth-order valence-corrected chi connectivity index (χ4v) is 2.59. The van der Waals surface area contributed by atoms with E-state index in [0.717, 1.165) is 0 Å². The van der Waals surface area contributed by atoms with Gasteiger partial charge in [0, 0.05) is 27.6 Å². The molecule has 1 aromatic heterocycles. The van der Waals surface area contributed by atoms with Crippen LogP contribution in [0.25, 0.3) is 0 Å². The van der Waals surface area contributed by atoms with E-state index in [-0.39, 0.29) is 24.8 Å². The standard InChI is InChI=1S/C15H24N4O5/c1-11-13(17-24-16-11)8-18(3)14(21)7-15(22-4)9-19(12(2)20)5-6-23-10-15/h5-10H2,1-4H3. The van der Waals surface area contributed by atoms with Crippen LogP contribution in [-0.4, -0.2) is 78.0 Å². The number of methoxy groups -OCH3 is 1. The third kappa shape index (κ3) is 4.30. The van der Waals surface area contributed by atoms with E-state index in [1.165, 1.54) is 18.9 Å². The highest BCUT2D eigenvalue weighted by Crippen LogP contribution is 2.22. The number of aromatic nitrogens is 2. The summed E-state index contributed by atoms with van der Waals surface area (Å²) in [6.07, 6.45) is 0.105. The van der Waals surface area contributed by atoms with Crippen LogP contribution in [0.5, 0.6) is 0 Å². The molecule has 2 rings (SSSR count). The highest BCUT2D eigenvalue weighted by molar-refractivity contribution is 5.77. The number of carbonyl (C=O) groups is 2. The molecule has 0 aliphatic carbocycles. The third-order valence-corrected chi connectivity index (χ3v) is 4.26. The van der Waals surface area contributed by atoms with Crippen molar-refractivity contribution < 1.29 is 23.7 Å². The Morgan fingerprint density at radius 3 is 2.75 bits per heavy atom. The van der Waals surface area contributed by atoms with Crippen LogP contribution in [0.3, 0.4) is 0 Å². The Labute approximate surface area is 140 Å². The molecular weight excluding hydrogens is 316 g/mol. The van der Waals surface area contributed by atoms with Crippen molar-refractivity contribution >= 4 is 11.8 Å². The maximum Gasteiger partial charge on any atom is 0.225 e. The van der Waals surface area contributed by atoms with Gasteiger partial charge in [-0.2, -0.15) is 0 Å². The molecule has 1 saturated heterocycles.